The first-order valence-corrected chi connectivity index (χ1v) is 7.63. The summed E-state index contributed by atoms with van der Waals surface area (Å²) in [7, 11) is 0. The maximum atomic E-state index is 10.7. The van der Waals surface area contributed by atoms with E-state index in [2.05, 4.69) is 0 Å². The van der Waals surface area contributed by atoms with Crippen LogP contribution in [0.4, 0.5) is 0 Å². The van der Waals surface area contributed by atoms with Crippen LogP contribution in [0.25, 0.3) is 0 Å². The highest BCUT2D eigenvalue weighted by molar-refractivity contribution is 5.75. The zero-order chi connectivity index (χ0) is 16.7. The Morgan fingerprint density at radius 2 is 1.09 bits per heavy atom. The summed E-state index contributed by atoms with van der Waals surface area (Å²) in [5.41, 5.74) is 1.20. The normalized spacial score (nSPS) is 10.9. The van der Waals surface area contributed by atoms with Crippen LogP contribution in [0.5, 0.6) is 11.5 Å². The maximum absolute atomic E-state index is 10.7. The minimum Gasteiger partial charge on any atom is -0.452 e. The molecule has 4 heteroatoms. The van der Waals surface area contributed by atoms with Crippen molar-refractivity contribution >= 4 is 12.6 Å². The highest BCUT2D eigenvalue weighted by atomic mass is 16.7. The summed E-state index contributed by atoms with van der Waals surface area (Å²) in [6.45, 7) is 3.98. The zero-order valence-corrected chi connectivity index (χ0v) is 13.3. The van der Waals surface area contributed by atoms with Crippen molar-refractivity contribution in [2.45, 2.75) is 32.5 Å². The third-order valence-corrected chi connectivity index (χ3v) is 3.72. The van der Waals surface area contributed by atoms with E-state index in [1.54, 1.807) is 48.5 Å². The molecule has 23 heavy (non-hydrogen) atoms. The second kappa shape index (κ2) is 7.58. The molecule has 0 N–H and O–H groups in total. The Hall–Kier alpha value is -2.62. The van der Waals surface area contributed by atoms with Gasteiger partial charge in [-0.05, 0) is 48.5 Å². The summed E-state index contributed by atoms with van der Waals surface area (Å²) < 4.78 is 12.1. The van der Waals surface area contributed by atoms with Crippen LogP contribution >= 0.6 is 0 Å². The number of carbonyl (C=O) groups excluding carboxylic acids is 2. The fourth-order valence-corrected chi connectivity index (χ4v) is 2.22. The largest absolute Gasteiger partial charge is 0.452 e. The van der Waals surface area contributed by atoms with Crippen molar-refractivity contribution < 1.29 is 19.1 Å². The van der Waals surface area contributed by atoms with Gasteiger partial charge in [0.1, 0.15) is 24.1 Å². The summed E-state index contributed by atoms with van der Waals surface area (Å²) in [4.78, 5) is 21.4. The zero-order valence-electron chi connectivity index (χ0n) is 13.3. The summed E-state index contributed by atoms with van der Waals surface area (Å²) >= 11 is 0. The minimum absolute atomic E-state index is 0.598. The van der Waals surface area contributed by atoms with E-state index in [9.17, 15) is 9.59 Å². The Balaban J connectivity index is 2.19. The molecule has 2 rings (SSSR count). The van der Waals surface area contributed by atoms with Gasteiger partial charge in [-0.1, -0.05) is 13.8 Å². The molecule has 120 valence electrons. The minimum atomic E-state index is -0.800. The lowest BCUT2D eigenvalue weighted by molar-refractivity contribution is -0.118. The van der Waals surface area contributed by atoms with Crippen molar-refractivity contribution in [2.75, 3.05) is 0 Å². The molecule has 2 aromatic rings. The molecule has 0 fully saturated rings. The molecule has 0 unspecified atom stereocenters. The first-order valence-electron chi connectivity index (χ1n) is 7.63. The quantitative estimate of drug-likeness (QED) is 0.539. The van der Waals surface area contributed by atoms with E-state index < -0.39 is 5.79 Å². The number of hydrogen-bond donors (Lipinski definition) is 0. The van der Waals surface area contributed by atoms with E-state index in [1.165, 1.54) is 0 Å². The van der Waals surface area contributed by atoms with Crippen LogP contribution in [0, 0.1) is 0 Å². The molecule has 0 heterocycles. The van der Waals surface area contributed by atoms with E-state index >= 15 is 0 Å². The van der Waals surface area contributed by atoms with Crippen LogP contribution < -0.4 is 9.47 Å². The first-order chi connectivity index (χ1) is 11.1. The van der Waals surface area contributed by atoms with Crippen LogP contribution in [0.2, 0.25) is 0 Å². The van der Waals surface area contributed by atoms with Crippen LogP contribution in [-0.4, -0.2) is 18.4 Å². The van der Waals surface area contributed by atoms with Gasteiger partial charge >= 0.3 is 0 Å². The van der Waals surface area contributed by atoms with Crippen LogP contribution in [0.15, 0.2) is 48.5 Å². The Bertz CT molecular complexity index is 585. The number of ether oxygens (including phenoxy) is 2. The van der Waals surface area contributed by atoms with Gasteiger partial charge in [-0.15, -0.1) is 0 Å². The number of carbonyl (C=O) groups is 2. The van der Waals surface area contributed by atoms with Crippen molar-refractivity contribution in [3.63, 3.8) is 0 Å². The highest BCUT2D eigenvalue weighted by Crippen LogP contribution is 2.28. The Kier molecular flexibility index (Phi) is 5.52. The first kappa shape index (κ1) is 16.7. The topological polar surface area (TPSA) is 52.6 Å². The summed E-state index contributed by atoms with van der Waals surface area (Å²) in [6.07, 6.45) is 2.88. The SMILES string of the molecule is CCC(CC)(Oc1ccc(C=O)cc1)Oc1ccc(C=O)cc1. The Labute approximate surface area is 136 Å². The van der Waals surface area contributed by atoms with E-state index in [-0.39, 0.29) is 0 Å². The molecule has 0 aliphatic rings. The molecule has 2 aromatic carbocycles. The van der Waals surface area contributed by atoms with Gasteiger partial charge in [-0.25, -0.2) is 0 Å². The average molecular weight is 312 g/mol. The lowest BCUT2D eigenvalue weighted by Gasteiger charge is -2.33. The van der Waals surface area contributed by atoms with Gasteiger partial charge in [-0.2, -0.15) is 0 Å². The molecule has 0 aliphatic carbocycles. The molecule has 4 nitrogen and oxygen atoms in total. The molecule has 0 spiro atoms. The van der Waals surface area contributed by atoms with Gasteiger partial charge in [0.2, 0.25) is 0 Å². The lowest BCUT2D eigenvalue weighted by atomic mass is 10.1. The molecule has 0 radical (unpaired) electrons. The molecule has 0 atom stereocenters. The highest BCUT2D eigenvalue weighted by Gasteiger charge is 2.31. The summed E-state index contributed by atoms with van der Waals surface area (Å²) in [6, 6.07) is 13.8. The monoisotopic (exact) mass is 312 g/mol. The average Bonchev–Trinajstić information content (AvgIpc) is 2.62. The molecular formula is C19H20O4. The fourth-order valence-electron chi connectivity index (χ4n) is 2.22. The molecule has 0 aromatic heterocycles. The number of aldehydes is 2. The summed E-state index contributed by atoms with van der Waals surface area (Å²) in [5, 5.41) is 0. The lowest BCUT2D eigenvalue weighted by Crippen LogP contribution is -2.41. The van der Waals surface area contributed by atoms with E-state index in [1.807, 2.05) is 13.8 Å². The van der Waals surface area contributed by atoms with Gasteiger partial charge in [0.15, 0.2) is 0 Å². The van der Waals surface area contributed by atoms with E-state index in [4.69, 9.17) is 9.47 Å². The number of benzene rings is 2. The second-order valence-corrected chi connectivity index (χ2v) is 5.20. The smallest absolute Gasteiger partial charge is 0.250 e. The predicted octanol–water partition coefficient (Wildman–Crippen LogP) is 4.29. The molecule has 0 aliphatic heterocycles. The van der Waals surface area contributed by atoms with Gasteiger partial charge in [-0.3, -0.25) is 9.59 Å². The molecule has 0 saturated carbocycles. The van der Waals surface area contributed by atoms with Crippen molar-refractivity contribution in [1.29, 1.82) is 0 Å². The molecule has 0 bridgehead atoms. The maximum Gasteiger partial charge on any atom is 0.250 e. The molecule has 0 amide bonds. The van der Waals surface area contributed by atoms with E-state index in [0.29, 0.717) is 35.5 Å². The number of hydrogen-bond acceptors (Lipinski definition) is 4. The predicted molar refractivity (Wildman–Crippen MR) is 88.2 cm³/mol. The second-order valence-electron chi connectivity index (χ2n) is 5.20. The Morgan fingerprint density at radius 3 is 1.35 bits per heavy atom. The third-order valence-electron chi connectivity index (χ3n) is 3.72. The number of rotatable bonds is 8. The fraction of sp³-hybridized carbons (Fsp3) is 0.263. The molecule has 0 saturated heterocycles. The molecular weight excluding hydrogens is 292 g/mol. The van der Waals surface area contributed by atoms with Crippen LogP contribution in [0.1, 0.15) is 47.4 Å². The third kappa shape index (κ3) is 4.19. The summed E-state index contributed by atoms with van der Waals surface area (Å²) in [5.74, 6) is 0.485. The van der Waals surface area contributed by atoms with Gasteiger partial charge < -0.3 is 9.47 Å². The van der Waals surface area contributed by atoms with Crippen molar-refractivity contribution in [1.82, 2.24) is 0 Å². The Morgan fingerprint density at radius 1 is 0.739 bits per heavy atom. The van der Waals surface area contributed by atoms with Crippen molar-refractivity contribution in [3.05, 3.63) is 59.7 Å². The van der Waals surface area contributed by atoms with E-state index in [0.717, 1.165) is 12.6 Å². The van der Waals surface area contributed by atoms with Gasteiger partial charge in [0.25, 0.3) is 5.79 Å². The van der Waals surface area contributed by atoms with Gasteiger partial charge in [0, 0.05) is 24.0 Å². The van der Waals surface area contributed by atoms with Crippen LogP contribution in [-0.2, 0) is 0 Å². The van der Waals surface area contributed by atoms with Crippen molar-refractivity contribution in [2.24, 2.45) is 0 Å². The van der Waals surface area contributed by atoms with Gasteiger partial charge in [0.05, 0.1) is 0 Å². The standard InChI is InChI=1S/C19H20O4/c1-3-19(4-2,22-17-9-5-15(13-20)6-10-17)23-18-11-7-16(14-21)8-12-18/h5-14H,3-4H2,1-2H3. The van der Waals surface area contributed by atoms with Crippen molar-refractivity contribution in [3.8, 4) is 11.5 Å². The van der Waals surface area contributed by atoms with Crippen LogP contribution in [0.3, 0.4) is 0 Å².